The number of ketones is 1. The Morgan fingerprint density at radius 1 is 1.35 bits per heavy atom. The molecule has 2 nitrogen and oxygen atoms in total. The zero-order chi connectivity index (χ0) is 13.0. The highest BCUT2D eigenvalue weighted by molar-refractivity contribution is 5.75. The van der Waals surface area contributed by atoms with Crippen molar-refractivity contribution < 1.29 is 9.90 Å². The first-order valence-corrected chi connectivity index (χ1v) is 6.20. The van der Waals surface area contributed by atoms with Gasteiger partial charge in [-0.2, -0.15) is 0 Å². The van der Waals surface area contributed by atoms with Crippen LogP contribution in [0, 0.1) is 12.8 Å². The van der Waals surface area contributed by atoms with Crippen molar-refractivity contribution in [1.29, 1.82) is 0 Å². The third-order valence-corrected chi connectivity index (χ3v) is 3.19. The first-order chi connectivity index (χ1) is 7.91. The number of benzene rings is 1. The number of carbonyl (C=O) groups is 1. The minimum atomic E-state index is 0.211. The summed E-state index contributed by atoms with van der Waals surface area (Å²) < 4.78 is 0. The van der Waals surface area contributed by atoms with E-state index in [-0.39, 0.29) is 11.7 Å². The van der Waals surface area contributed by atoms with Crippen molar-refractivity contribution in [2.75, 3.05) is 0 Å². The Balaban J connectivity index is 2.96. The minimum absolute atomic E-state index is 0.211. The van der Waals surface area contributed by atoms with Crippen LogP contribution < -0.4 is 0 Å². The molecule has 0 spiro atoms. The Morgan fingerprint density at radius 2 is 2.00 bits per heavy atom. The maximum absolute atomic E-state index is 11.1. The van der Waals surface area contributed by atoms with Crippen molar-refractivity contribution in [1.82, 2.24) is 0 Å². The van der Waals surface area contributed by atoms with Gasteiger partial charge in [0.2, 0.25) is 0 Å². The highest BCUT2D eigenvalue weighted by atomic mass is 16.3. The number of hydrogen-bond donors (Lipinski definition) is 1. The SMILES string of the molecule is CC(=O)CC[C@H](c1cc(C)ccc1O)C(C)C. The molecule has 1 atom stereocenters. The highest BCUT2D eigenvalue weighted by Gasteiger charge is 2.19. The fraction of sp³-hybridized carbons (Fsp3) is 0.533. The molecule has 0 radical (unpaired) electrons. The Bertz CT molecular complexity index is 394. The van der Waals surface area contributed by atoms with Crippen LogP contribution in [0.2, 0.25) is 0 Å². The predicted molar refractivity (Wildman–Crippen MR) is 70.3 cm³/mol. The van der Waals surface area contributed by atoms with Gasteiger partial charge >= 0.3 is 0 Å². The summed E-state index contributed by atoms with van der Waals surface area (Å²) in [6, 6.07) is 5.68. The molecule has 0 aromatic heterocycles. The molecule has 1 aromatic rings. The summed E-state index contributed by atoms with van der Waals surface area (Å²) >= 11 is 0. The third-order valence-electron chi connectivity index (χ3n) is 3.19. The zero-order valence-electron chi connectivity index (χ0n) is 11.2. The summed E-state index contributed by atoms with van der Waals surface area (Å²) in [5.74, 6) is 1.22. The maximum atomic E-state index is 11.1. The molecule has 0 aliphatic carbocycles. The highest BCUT2D eigenvalue weighted by Crippen LogP contribution is 2.35. The minimum Gasteiger partial charge on any atom is -0.508 e. The fourth-order valence-electron chi connectivity index (χ4n) is 2.18. The summed E-state index contributed by atoms with van der Waals surface area (Å²) in [7, 11) is 0. The van der Waals surface area contributed by atoms with E-state index in [1.54, 1.807) is 13.0 Å². The Labute approximate surface area is 104 Å². The van der Waals surface area contributed by atoms with E-state index in [2.05, 4.69) is 13.8 Å². The molecule has 17 heavy (non-hydrogen) atoms. The van der Waals surface area contributed by atoms with Crippen LogP contribution in [0.3, 0.4) is 0 Å². The molecule has 0 saturated carbocycles. The summed E-state index contributed by atoms with van der Waals surface area (Å²) in [5.41, 5.74) is 2.12. The second-order valence-corrected chi connectivity index (χ2v) is 5.15. The Kier molecular flexibility index (Phi) is 4.73. The van der Waals surface area contributed by atoms with Crippen molar-refractivity contribution >= 4 is 5.78 Å². The van der Waals surface area contributed by atoms with E-state index in [9.17, 15) is 9.90 Å². The quantitative estimate of drug-likeness (QED) is 0.841. The van der Waals surface area contributed by atoms with E-state index in [0.717, 1.165) is 17.5 Å². The molecular weight excluding hydrogens is 212 g/mol. The summed E-state index contributed by atoms with van der Waals surface area (Å²) in [4.78, 5) is 11.1. The summed E-state index contributed by atoms with van der Waals surface area (Å²) in [6.07, 6.45) is 1.39. The molecule has 94 valence electrons. The molecule has 2 heteroatoms. The summed E-state index contributed by atoms with van der Waals surface area (Å²) in [6.45, 7) is 7.90. The van der Waals surface area contributed by atoms with E-state index in [4.69, 9.17) is 0 Å². The van der Waals surface area contributed by atoms with Gasteiger partial charge in [-0.1, -0.05) is 31.5 Å². The van der Waals surface area contributed by atoms with E-state index in [0.29, 0.717) is 18.1 Å². The molecule has 0 heterocycles. The van der Waals surface area contributed by atoms with Crippen LogP contribution in [0.4, 0.5) is 0 Å². The van der Waals surface area contributed by atoms with Crippen LogP contribution in [0.25, 0.3) is 0 Å². The van der Waals surface area contributed by atoms with Gasteiger partial charge in [0.05, 0.1) is 0 Å². The second-order valence-electron chi connectivity index (χ2n) is 5.15. The van der Waals surface area contributed by atoms with Crippen molar-refractivity contribution in [3.8, 4) is 5.75 Å². The van der Waals surface area contributed by atoms with Crippen LogP contribution >= 0.6 is 0 Å². The Morgan fingerprint density at radius 3 is 2.53 bits per heavy atom. The molecule has 1 N–H and O–H groups in total. The van der Waals surface area contributed by atoms with Gasteiger partial charge in [0, 0.05) is 6.42 Å². The number of hydrogen-bond acceptors (Lipinski definition) is 2. The van der Waals surface area contributed by atoms with Gasteiger partial charge in [-0.15, -0.1) is 0 Å². The molecule has 1 aromatic carbocycles. The van der Waals surface area contributed by atoms with Crippen LogP contribution in [-0.4, -0.2) is 10.9 Å². The monoisotopic (exact) mass is 234 g/mol. The standard InChI is InChI=1S/C15H22O2/c1-10(2)13(7-6-12(4)16)14-9-11(3)5-8-15(14)17/h5,8-10,13,17H,6-7H2,1-4H3/t13-/m0/s1. The molecule has 0 aliphatic rings. The molecule has 0 saturated heterocycles. The van der Waals surface area contributed by atoms with Crippen molar-refractivity contribution in [3.63, 3.8) is 0 Å². The topological polar surface area (TPSA) is 37.3 Å². The number of aromatic hydroxyl groups is 1. The average Bonchev–Trinajstić information content (AvgIpc) is 2.22. The second kappa shape index (κ2) is 5.85. The number of phenols is 1. The van der Waals surface area contributed by atoms with E-state index in [1.165, 1.54) is 0 Å². The van der Waals surface area contributed by atoms with Crippen LogP contribution in [0.5, 0.6) is 5.75 Å². The van der Waals surface area contributed by atoms with Crippen molar-refractivity contribution in [2.24, 2.45) is 5.92 Å². The smallest absolute Gasteiger partial charge is 0.129 e. The molecule has 1 rings (SSSR count). The van der Waals surface area contributed by atoms with E-state index < -0.39 is 0 Å². The number of rotatable bonds is 5. The third kappa shape index (κ3) is 3.88. The summed E-state index contributed by atoms with van der Waals surface area (Å²) in [5, 5.41) is 9.93. The van der Waals surface area contributed by atoms with Gasteiger partial charge in [-0.25, -0.2) is 0 Å². The first-order valence-electron chi connectivity index (χ1n) is 6.20. The maximum Gasteiger partial charge on any atom is 0.129 e. The molecule has 0 unspecified atom stereocenters. The van der Waals surface area contributed by atoms with Crippen LogP contribution in [0.15, 0.2) is 18.2 Å². The first kappa shape index (κ1) is 13.8. The molecular formula is C15H22O2. The van der Waals surface area contributed by atoms with Crippen LogP contribution in [0.1, 0.15) is 50.7 Å². The Hall–Kier alpha value is -1.31. The van der Waals surface area contributed by atoms with E-state index >= 15 is 0 Å². The lowest BCUT2D eigenvalue weighted by molar-refractivity contribution is -0.117. The lowest BCUT2D eigenvalue weighted by atomic mass is 9.83. The average molecular weight is 234 g/mol. The van der Waals surface area contributed by atoms with Gasteiger partial charge in [0.25, 0.3) is 0 Å². The van der Waals surface area contributed by atoms with Gasteiger partial charge < -0.3 is 9.90 Å². The predicted octanol–water partition coefficient (Wildman–Crippen LogP) is 3.81. The molecule has 0 aliphatic heterocycles. The van der Waals surface area contributed by atoms with Gasteiger partial charge in [-0.3, -0.25) is 0 Å². The zero-order valence-corrected chi connectivity index (χ0v) is 11.2. The van der Waals surface area contributed by atoms with Crippen molar-refractivity contribution in [3.05, 3.63) is 29.3 Å². The van der Waals surface area contributed by atoms with Gasteiger partial charge in [0.15, 0.2) is 0 Å². The van der Waals surface area contributed by atoms with Gasteiger partial charge in [0.1, 0.15) is 11.5 Å². The lowest BCUT2D eigenvalue weighted by Crippen LogP contribution is -2.09. The number of Topliss-reactive ketones (excluding diaryl/α,β-unsaturated/α-hetero) is 1. The van der Waals surface area contributed by atoms with Gasteiger partial charge in [-0.05, 0) is 43.7 Å². The molecule has 0 amide bonds. The van der Waals surface area contributed by atoms with Crippen molar-refractivity contribution in [2.45, 2.75) is 46.5 Å². The molecule has 0 fully saturated rings. The largest absolute Gasteiger partial charge is 0.508 e. The number of phenolic OH excluding ortho intramolecular Hbond substituents is 1. The fourth-order valence-corrected chi connectivity index (χ4v) is 2.18. The number of carbonyl (C=O) groups excluding carboxylic acids is 1. The number of aryl methyl sites for hydroxylation is 1. The van der Waals surface area contributed by atoms with Crippen LogP contribution in [-0.2, 0) is 4.79 Å². The lowest BCUT2D eigenvalue weighted by Gasteiger charge is -2.22. The molecule has 0 bridgehead atoms. The normalized spacial score (nSPS) is 12.8. The van der Waals surface area contributed by atoms with E-state index in [1.807, 2.05) is 19.1 Å².